The second-order valence-electron chi connectivity index (χ2n) is 4.03. The molecule has 2 rings (SSSR count). The zero-order chi connectivity index (χ0) is 11.0. The van der Waals surface area contributed by atoms with Gasteiger partial charge in [0, 0.05) is 12.5 Å². The second-order valence-corrected chi connectivity index (χ2v) is 4.03. The van der Waals surface area contributed by atoms with Crippen LogP contribution in [0.5, 0.6) is 0 Å². The van der Waals surface area contributed by atoms with Crippen LogP contribution in [-0.2, 0) is 4.74 Å². The number of nitrogens with two attached hydrogens (primary N) is 1. The molecule has 0 spiro atoms. The van der Waals surface area contributed by atoms with E-state index in [1.54, 1.807) is 0 Å². The molecule has 0 bridgehead atoms. The van der Waals surface area contributed by atoms with Crippen LogP contribution >= 0.6 is 0 Å². The molecule has 5 N–H and O–H groups in total. The quantitative estimate of drug-likeness (QED) is 0.420. The highest BCUT2D eigenvalue weighted by atomic mass is 16.5. The Labute approximate surface area is 87.4 Å². The Hall–Kier alpha value is -0.690. The Bertz CT molecular complexity index is 271. The largest absolute Gasteiger partial charge is 0.474 e. The maximum Gasteiger partial charge on any atom is 0.198 e. The molecule has 0 aromatic heterocycles. The van der Waals surface area contributed by atoms with Crippen LogP contribution in [0.15, 0.2) is 4.99 Å². The van der Waals surface area contributed by atoms with E-state index >= 15 is 0 Å². The number of hydrogen-bond acceptors (Lipinski definition) is 6. The number of aliphatic imine (C=N–C) groups is 1. The predicted molar refractivity (Wildman–Crippen MR) is 52.4 cm³/mol. The standard InChI is InChI=1S/C9H16N2O4/c10-2-6-11-7-5(15-6)1-4(3-12)8(13)9(7)14/h4-5,7-9,12-14H,1-3,10H2/t4-,5+,7+,8-,9-/m1/s1. The maximum absolute atomic E-state index is 9.77. The summed E-state index contributed by atoms with van der Waals surface area (Å²) >= 11 is 0. The molecule has 6 heteroatoms. The molecule has 1 heterocycles. The minimum atomic E-state index is -0.982. The molecule has 1 aliphatic carbocycles. The molecule has 0 unspecified atom stereocenters. The minimum absolute atomic E-state index is 0.164. The molecular weight excluding hydrogens is 200 g/mol. The van der Waals surface area contributed by atoms with E-state index in [1.165, 1.54) is 0 Å². The zero-order valence-corrected chi connectivity index (χ0v) is 8.28. The third-order valence-electron chi connectivity index (χ3n) is 3.09. The highest BCUT2D eigenvalue weighted by molar-refractivity contribution is 5.80. The predicted octanol–water partition coefficient (Wildman–Crippen LogP) is -2.15. The minimum Gasteiger partial charge on any atom is -0.474 e. The van der Waals surface area contributed by atoms with Gasteiger partial charge in [-0.1, -0.05) is 0 Å². The van der Waals surface area contributed by atoms with Crippen molar-refractivity contribution < 1.29 is 20.1 Å². The molecule has 0 aromatic rings. The monoisotopic (exact) mass is 216 g/mol. The normalized spacial score (nSPS) is 44.5. The van der Waals surface area contributed by atoms with Crippen LogP contribution in [0.25, 0.3) is 0 Å². The first-order chi connectivity index (χ1) is 7.17. The fourth-order valence-electron chi connectivity index (χ4n) is 2.21. The van der Waals surface area contributed by atoms with Gasteiger partial charge in [-0.2, -0.15) is 0 Å². The third kappa shape index (κ3) is 1.74. The summed E-state index contributed by atoms with van der Waals surface area (Å²) in [6.45, 7) is 0.0301. The van der Waals surface area contributed by atoms with Gasteiger partial charge in [-0.25, -0.2) is 4.99 Å². The van der Waals surface area contributed by atoms with Gasteiger partial charge < -0.3 is 25.8 Å². The molecule has 15 heavy (non-hydrogen) atoms. The van der Waals surface area contributed by atoms with Crippen LogP contribution < -0.4 is 5.73 Å². The molecule has 5 atom stereocenters. The van der Waals surface area contributed by atoms with E-state index in [2.05, 4.69) is 4.99 Å². The zero-order valence-electron chi connectivity index (χ0n) is 8.28. The van der Waals surface area contributed by atoms with E-state index < -0.39 is 18.2 Å². The van der Waals surface area contributed by atoms with E-state index in [4.69, 9.17) is 15.6 Å². The Morgan fingerprint density at radius 2 is 2.13 bits per heavy atom. The smallest absolute Gasteiger partial charge is 0.198 e. The molecule has 0 saturated heterocycles. The van der Waals surface area contributed by atoms with Gasteiger partial charge in [-0.15, -0.1) is 0 Å². The summed E-state index contributed by atoms with van der Waals surface area (Å²) in [6.07, 6.45) is -1.70. The van der Waals surface area contributed by atoms with E-state index in [0.717, 1.165) is 0 Å². The Morgan fingerprint density at radius 1 is 1.40 bits per heavy atom. The summed E-state index contributed by atoms with van der Waals surface area (Å²) in [4.78, 5) is 4.11. The van der Waals surface area contributed by atoms with Crippen LogP contribution in [0.4, 0.5) is 0 Å². The first-order valence-electron chi connectivity index (χ1n) is 5.07. The van der Waals surface area contributed by atoms with Crippen LogP contribution in [0.3, 0.4) is 0 Å². The molecule has 0 amide bonds. The number of hydrogen-bond donors (Lipinski definition) is 4. The first kappa shape index (κ1) is 10.8. The van der Waals surface area contributed by atoms with Crippen molar-refractivity contribution in [1.29, 1.82) is 0 Å². The van der Waals surface area contributed by atoms with Crippen LogP contribution in [0.1, 0.15) is 6.42 Å². The van der Waals surface area contributed by atoms with Gasteiger partial charge in [-0.3, -0.25) is 0 Å². The lowest BCUT2D eigenvalue weighted by atomic mass is 9.80. The SMILES string of the molecule is NCC1=N[C@@H]2[C@@H](O)[C@H](O)[C@@H](CO)C[C@@H]2O1. The van der Waals surface area contributed by atoms with E-state index in [9.17, 15) is 10.2 Å². The molecule has 2 aliphatic rings. The van der Waals surface area contributed by atoms with Gasteiger partial charge in [0.2, 0.25) is 0 Å². The summed E-state index contributed by atoms with van der Waals surface area (Å²) < 4.78 is 5.41. The Balaban J connectivity index is 2.12. The van der Waals surface area contributed by atoms with Crippen molar-refractivity contribution in [3.8, 4) is 0 Å². The summed E-state index contributed by atoms with van der Waals surface area (Å²) in [7, 11) is 0. The number of aliphatic hydroxyl groups excluding tert-OH is 3. The summed E-state index contributed by atoms with van der Waals surface area (Å²) in [5.74, 6) is 0.0587. The summed E-state index contributed by atoms with van der Waals surface area (Å²) in [5.41, 5.74) is 5.39. The first-order valence-corrected chi connectivity index (χ1v) is 5.07. The van der Waals surface area contributed by atoms with Crippen molar-refractivity contribution in [1.82, 2.24) is 0 Å². The molecule has 0 aromatic carbocycles. The van der Waals surface area contributed by atoms with Crippen LogP contribution in [0, 0.1) is 5.92 Å². The van der Waals surface area contributed by atoms with E-state index in [0.29, 0.717) is 12.3 Å². The topological polar surface area (TPSA) is 108 Å². The second kappa shape index (κ2) is 4.05. The van der Waals surface area contributed by atoms with Gasteiger partial charge in [-0.05, 0) is 6.42 Å². The number of fused-ring (bicyclic) bond motifs is 1. The molecule has 86 valence electrons. The fraction of sp³-hybridized carbons (Fsp3) is 0.889. The maximum atomic E-state index is 9.77. The molecular formula is C9H16N2O4. The van der Waals surface area contributed by atoms with Gasteiger partial charge in [0.05, 0.1) is 12.6 Å². The summed E-state index contributed by atoms with van der Waals surface area (Å²) in [5, 5.41) is 28.5. The average molecular weight is 216 g/mol. The van der Waals surface area contributed by atoms with Crippen molar-refractivity contribution in [2.45, 2.75) is 30.8 Å². The van der Waals surface area contributed by atoms with Crippen molar-refractivity contribution in [3.63, 3.8) is 0 Å². The van der Waals surface area contributed by atoms with Crippen molar-refractivity contribution in [3.05, 3.63) is 0 Å². The van der Waals surface area contributed by atoms with Gasteiger partial charge in [0.25, 0.3) is 0 Å². The molecule has 1 saturated carbocycles. The number of aliphatic hydroxyl groups is 3. The number of ether oxygens (including phenoxy) is 1. The lowest BCUT2D eigenvalue weighted by molar-refractivity contribution is -0.0946. The molecule has 1 fully saturated rings. The summed E-state index contributed by atoms with van der Waals surface area (Å²) in [6, 6.07) is -0.443. The third-order valence-corrected chi connectivity index (χ3v) is 3.09. The highest BCUT2D eigenvalue weighted by Crippen LogP contribution is 2.32. The Kier molecular flexibility index (Phi) is 2.92. The average Bonchev–Trinajstić information content (AvgIpc) is 2.66. The molecule has 6 nitrogen and oxygen atoms in total. The van der Waals surface area contributed by atoms with Crippen molar-refractivity contribution in [2.24, 2.45) is 16.6 Å². The lowest BCUT2D eigenvalue weighted by Gasteiger charge is -2.36. The lowest BCUT2D eigenvalue weighted by Crippen LogP contribution is -2.52. The molecule has 1 aliphatic heterocycles. The van der Waals surface area contributed by atoms with Gasteiger partial charge in [0.1, 0.15) is 18.2 Å². The van der Waals surface area contributed by atoms with Gasteiger partial charge >= 0.3 is 0 Å². The van der Waals surface area contributed by atoms with Crippen LogP contribution in [-0.4, -0.2) is 58.7 Å². The number of nitrogens with zero attached hydrogens (tertiary/aromatic N) is 1. The van der Waals surface area contributed by atoms with E-state index in [-0.39, 0.29) is 25.2 Å². The number of rotatable bonds is 2. The molecule has 0 radical (unpaired) electrons. The fourth-order valence-corrected chi connectivity index (χ4v) is 2.21. The van der Waals surface area contributed by atoms with Crippen LogP contribution in [0.2, 0.25) is 0 Å². The highest BCUT2D eigenvalue weighted by Gasteiger charge is 2.47. The Morgan fingerprint density at radius 3 is 2.73 bits per heavy atom. The van der Waals surface area contributed by atoms with E-state index in [1.807, 2.05) is 0 Å². The van der Waals surface area contributed by atoms with Gasteiger partial charge in [0.15, 0.2) is 5.90 Å². The van der Waals surface area contributed by atoms with Crippen molar-refractivity contribution in [2.75, 3.05) is 13.2 Å². The van der Waals surface area contributed by atoms with Crippen molar-refractivity contribution >= 4 is 5.90 Å².